The van der Waals surface area contributed by atoms with Crippen molar-refractivity contribution in [3.05, 3.63) is 24.3 Å². The van der Waals surface area contributed by atoms with Gasteiger partial charge in [-0.1, -0.05) is 12.1 Å². The molecule has 0 aliphatic carbocycles. The summed E-state index contributed by atoms with van der Waals surface area (Å²) in [6.07, 6.45) is 1.65. The van der Waals surface area contributed by atoms with Crippen molar-refractivity contribution in [2.24, 2.45) is 0 Å². The van der Waals surface area contributed by atoms with Gasteiger partial charge in [-0.2, -0.15) is 0 Å². The minimum atomic E-state index is 0.229. The highest BCUT2D eigenvalue weighted by Gasteiger charge is 2.23. The minimum Gasteiger partial charge on any atom is -0.386 e. The van der Waals surface area contributed by atoms with Gasteiger partial charge >= 0.3 is 0 Å². The van der Waals surface area contributed by atoms with Crippen LogP contribution in [0, 0.1) is 0 Å². The number of para-hydroxylation sites is 2. The monoisotopic (exact) mass is 190 g/mol. The molecule has 1 aromatic rings. The van der Waals surface area contributed by atoms with E-state index in [1.54, 1.807) is 0 Å². The first-order valence-corrected chi connectivity index (χ1v) is 4.90. The number of hydrogen-bond donors (Lipinski definition) is 1. The van der Waals surface area contributed by atoms with Crippen LogP contribution < -0.4 is 10.2 Å². The zero-order valence-corrected chi connectivity index (χ0v) is 8.29. The Bertz CT molecular complexity index is 349. The van der Waals surface area contributed by atoms with Gasteiger partial charge in [0.05, 0.1) is 11.4 Å². The van der Waals surface area contributed by atoms with Crippen LogP contribution in [0.3, 0.4) is 0 Å². The molecule has 1 N–H and O–H groups in total. The number of nitrogens with one attached hydrogen (secondary N) is 1. The Kier molecular flexibility index (Phi) is 2.39. The van der Waals surface area contributed by atoms with Gasteiger partial charge in [-0.3, -0.25) is 4.79 Å². The van der Waals surface area contributed by atoms with E-state index in [4.69, 9.17) is 0 Å². The van der Waals surface area contributed by atoms with Crippen molar-refractivity contribution in [2.75, 3.05) is 23.8 Å². The molecule has 1 aliphatic heterocycles. The summed E-state index contributed by atoms with van der Waals surface area (Å²) in [6.45, 7) is 0.845. The maximum Gasteiger partial charge on any atom is 0.227 e. The third kappa shape index (κ3) is 1.45. The molecule has 0 bridgehead atoms. The van der Waals surface area contributed by atoms with Gasteiger partial charge in [-0.25, -0.2) is 0 Å². The summed E-state index contributed by atoms with van der Waals surface area (Å²) in [5.74, 6) is 0.229. The van der Waals surface area contributed by atoms with Crippen LogP contribution >= 0.6 is 0 Å². The Morgan fingerprint density at radius 3 is 2.79 bits per heavy atom. The van der Waals surface area contributed by atoms with Gasteiger partial charge in [-0.15, -0.1) is 0 Å². The second-order valence-corrected chi connectivity index (χ2v) is 3.42. The minimum absolute atomic E-state index is 0.229. The Morgan fingerprint density at radius 2 is 2.14 bits per heavy atom. The highest BCUT2D eigenvalue weighted by molar-refractivity contribution is 5.98. The maximum atomic E-state index is 11.5. The summed E-state index contributed by atoms with van der Waals surface area (Å²) in [5, 5.41) is 3.10. The molecule has 0 radical (unpaired) electrons. The molecule has 1 heterocycles. The van der Waals surface area contributed by atoms with E-state index >= 15 is 0 Å². The smallest absolute Gasteiger partial charge is 0.227 e. The fourth-order valence-electron chi connectivity index (χ4n) is 1.82. The number of amides is 1. The van der Waals surface area contributed by atoms with Gasteiger partial charge in [0.15, 0.2) is 0 Å². The second kappa shape index (κ2) is 3.70. The number of hydrogen-bond acceptors (Lipinski definition) is 2. The molecule has 0 aromatic heterocycles. The van der Waals surface area contributed by atoms with Crippen molar-refractivity contribution in [3.63, 3.8) is 0 Å². The third-order valence-corrected chi connectivity index (χ3v) is 2.54. The predicted molar refractivity (Wildman–Crippen MR) is 57.6 cm³/mol. The number of anilines is 2. The highest BCUT2D eigenvalue weighted by Crippen LogP contribution is 2.28. The Morgan fingerprint density at radius 1 is 1.36 bits per heavy atom. The summed E-state index contributed by atoms with van der Waals surface area (Å²) in [4.78, 5) is 13.4. The van der Waals surface area contributed by atoms with E-state index in [0.29, 0.717) is 6.42 Å². The number of benzene rings is 1. The van der Waals surface area contributed by atoms with Crippen LogP contribution in [-0.4, -0.2) is 19.5 Å². The molecular formula is C11H14N2O. The van der Waals surface area contributed by atoms with E-state index in [9.17, 15) is 4.79 Å². The quantitative estimate of drug-likeness (QED) is 0.772. The highest BCUT2D eigenvalue weighted by atomic mass is 16.2. The molecule has 0 atom stereocenters. The van der Waals surface area contributed by atoms with E-state index < -0.39 is 0 Å². The molecule has 74 valence electrons. The molecule has 1 fully saturated rings. The molecule has 14 heavy (non-hydrogen) atoms. The van der Waals surface area contributed by atoms with Gasteiger partial charge in [0.25, 0.3) is 0 Å². The summed E-state index contributed by atoms with van der Waals surface area (Å²) < 4.78 is 0. The Balaban J connectivity index is 2.35. The summed E-state index contributed by atoms with van der Waals surface area (Å²) in [7, 11) is 1.87. The van der Waals surface area contributed by atoms with E-state index in [1.165, 1.54) is 0 Å². The first-order chi connectivity index (χ1) is 6.83. The van der Waals surface area contributed by atoms with Crippen LogP contribution in [0.4, 0.5) is 11.4 Å². The summed E-state index contributed by atoms with van der Waals surface area (Å²) in [5.41, 5.74) is 2.01. The van der Waals surface area contributed by atoms with Gasteiger partial charge in [0.2, 0.25) is 5.91 Å². The second-order valence-electron chi connectivity index (χ2n) is 3.42. The van der Waals surface area contributed by atoms with E-state index in [-0.39, 0.29) is 5.91 Å². The molecule has 1 amide bonds. The van der Waals surface area contributed by atoms with Gasteiger partial charge in [-0.05, 0) is 18.6 Å². The zero-order chi connectivity index (χ0) is 9.97. The first kappa shape index (κ1) is 9.06. The Labute approximate surface area is 83.7 Å². The fourth-order valence-corrected chi connectivity index (χ4v) is 1.82. The van der Waals surface area contributed by atoms with Crippen LogP contribution in [0.15, 0.2) is 24.3 Å². The van der Waals surface area contributed by atoms with E-state index in [2.05, 4.69) is 5.32 Å². The predicted octanol–water partition coefficient (Wildman–Crippen LogP) is 1.86. The lowest BCUT2D eigenvalue weighted by Crippen LogP contribution is -2.24. The van der Waals surface area contributed by atoms with Crippen LogP contribution in [-0.2, 0) is 4.79 Å². The van der Waals surface area contributed by atoms with Crippen molar-refractivity contribution < 1.29 is 4.79 Å². The molecule has 0 saturated carbocycles. The van der Waals surface area contributed by atoms with Crippen LogP contribution in [0.5, 0.6) is 0 Å². The van der Waals surface area contributed by atoms with Crippen LogP contribution in [0.1, 0.15) is 12.8 Å². The topological polar surface area (TPSA) is 32.3 Å². The van der Waals surface area contributed by atoms with Crippen molar-refractivity contribution in [2.45, 2.75) is 12.8 Å². The molecule has 0 spiro atoms. The maximum absolute atomic E-state index is 11.5. The normalized spacial score (nSPS) is 16.1. The molecule has 1 aromatic carbocycles. The van der Waals surface area contributed by atoms with Crippen LogP contribution in [0.25, 0.3) is 0 Å². The van der Waals surface area contributed by atoms with Crippen molar-refractivity contribution in [1.29, 1.82) is 0 Å². The fraction of sp³-hybridized carbons (Fsp3) is 0.364. The molecule has 0 unspecified atom stereocenters. The molecule has 2 rings (SSSR count). The lowest BCUT2D eigenvalue weighted by Gasteiger charge is -2.19. The molecular weight excluding hydrogens is 176 g/mol. The lowest BCUT2D eigenvalue weighted by atomic mass is 10.2. The van der Waals surface area contributed by atoms with Crippen molar-refractivity contribution in [3.8, 4) is 0 Å². The molecule has 1 aliphatic rings. The Hall–Kier alpha value is -1.51. The number of nitrogens with zero attached hydrogens (tertiary/aromatic N) is 1. The van der Waals surface area contributed by atoms with E-state index in [1.807, 2.05) is 36.2 Å². The zero-order valence-electron chi connectivity index (χ0n) is 8.29. The summed E-state index contributed by atoms with van der Waals surface area (Å²) >= 11 is 0. The molecule has 3 heteroatoms. The summed E-state index contributed by atoms with van der Waals surface area (Å²) in [6, 6.07) is 7.90. The van der Waals surface area contributed by atoms with Crippen molar-refractivity contribution >= 4 is 17.3 Å². The standard InChI is InChI=1S/C11H14N2O/c1-12-9-5-2-3-6-10(9)13-8-4-7-11(13)14/h2-3,5-6,12H,4,7-8H2,1H3. The average molecular weight is 190 g/mol. The third-order valence-electron chi connectivity index (χ3n) is 2.54. The number of carbonyl (C=O) groups excluding carboxylic acids is 1. The lowest BCUT2D eigenvalue weighted by molar-refractivity contribution is -0.117. The largest absolute Gasteiger partial charge is 0.386 e. The van der Waals surface area contributed by atoms with Crippen molar-refractivity contribution in [1.82, 2.24) is 0 Å². The number of rotatable bonds is 2. The first-order valence-electron chi connectivity index (χ1n) is 4.90. The van der Waals surface area contributed by atoms with Gasteiger partial charge in [0.1, 0.15) is 0 Å². The van der Waals surface area contributed by atoms with Gasteiger partial charge < -0.3 is 10.2 Å². The molecule has 3 nitrogen and oxygen atoms in total. The number of carbonyl (C=O) groups is 1. The van der Waals surface area contributed by atoms with E-state index in [0.717, 1.165) is 24.3 Å². The SMILES string of the molecule is CNc1ccccc1N1CCCC1=O. The van der Waals surface area contributed by atoms with Crippen LogP contribution in [0.2, 0.25) is 0 Å². The van der Waals surface area contributed by atoms with Gasteiger partial charge in [0, 0.05) is 20.0 Å². The molecule has 1 saturated heterocycles. The average Bonchev–Trinajstić information content (AvgIpc) is 2.64.